The van der Waals surface area contributed by atoms with Crippen LogP contribution in [0.5, 0.6) is 0 Å². The molecule has 4 nitrogen and oxygen atoms in total. The first kappa shape index (κ1) is 27.4. The van der Waals surface area contributed by atoms with E-state index in [4.69, 9.17) is 9.40 Å². The van der Waals surface area contributed by atoms with Gasteiger partial charge in [0.2, 0.25) is 5.89 Å². The molecule has 0 amide bonds. The van der Waals surface area contributed by atoms with Crippen molar-refractivity contribution in [3.05, 3.63) is 170 Å². The lowest BCUT2D eigenvalue weighted by Gasteiger charge is -2.26. The molecule has 2 heterocycles. The first-order chi connectivity index (χ1) is 22.7. The number of para-hydroxylation sites is 3. The Bertz CT molecular complexity index is 2390. The number of anilines is 2. The Morgan fingerprint density at radius 2 is 1.28 bits per heavy atom. The molecule has 0 bridgehead atoms. The maximum atomic E-state index is 6.65. The summed E-state index contributed by atoms with van der Waals surface area (Å²) in [5.74, 6) is 0.596. The van der Waals surface area contributed by atoms with Gasteiger partial charge < -0.3 is 13.9 Å². The largest absolute Gasteiger partial charge is 0.434 e. The lowest BCUT2D eigenvalue weighted by molar-refractivity contribution is 0.620. The molecule has 8 rings (SSSR count). The van der Waals surface area contributed by atoms with Crippen LogP contribution >= 0.6 is 0 Å². The summed E-state index contributed by atoms with van der Waals surface area (Å²) >= 11 is 0. The molecule has 46 heavy (non-hydrogen) atoms. The lowest BCUT2D eigenvalue weighted by Crippen LogP contribution is -2.15. The van der Waals surface area contributed by atoms with Gasteiger partial charge in [-0.3, -0.25) is 0 Å². The van der Waals surface area contributed by atoms with E-state index in [0.29, 0.717) is 5.89 Å². The predicted octanol–water partition coefficient (Wildman–Crippen LogP) is 11.5. The first-order valence-electron chi connectivity index (χ1n) is 15.5. The average Bonchev–Trinajstić information content (AvgIpc) is 3.71. The number of aromatic nitrogens is 2. The fourth-order valence-corrected chi connectivity index (χ4v) is 6.39. The van der Waals surface area contributed by atoms with Crippen LogP contribution in [0.3, 0.4) is 0 Å². The van der Waals surface area contributed by atoms with Gasteiger partial charge in [0.05, 0.1) is 16.7 Å². The summed E-state index contributed by atoms with van der Waals surface area (Å²) in [6.07, 6.45) is 6.35. The maximum absolute atomic E-state index is 6.65. The molecule has 0 unspecified atom stereocenters. The number of hydrogen-bond donors (Lipinski definition) is 0. The van der Waals surface area contributed by atoms with Crippen LogP contribution in [0, 0.1) is 0 Å². The predicted molar refractivity (Wildman–Crippen MR) is 193 cm³/mol. The van der Waals surface area contributed by atoms with Gasteiger partial charge >= 0.3 is 0 Å². The van der Waals surface area contributed by atoms with Crippen LogP contribution in [0.1, 0.15) is 6.92 Å². The molecule has 8 aromatic rings. The molecule has 0 N–H and O–H groups in total. The fraction of sp³-hybridized carbons (Fsp3) is 0.0238. The maximum Gasteiger partial charge on any atom is 0.227 e. The molecule has 0 radical (unpaired) electrons. The summed E-state index contributed by atoms with van der Waals surface area (Å²) in [6.45, 7) is 6.60. The van der Waals surface area contributed by atoms with Crippen molar-refractivity contribution in [2.45, 2.75) is 6.92 Å². The van der Waals surface area contributed by atoms with E-state index < -0.39 is 0 Å². The van der Waals surface area contributed by atoms with Gasteiger partial charge in [-0.05, 0) is 66.9 Å². The molecule has 0 aliphatic carbocycles. The molecule has 0 saturated carbocycles. The van der Waals surface area contributed by atoms with Gasteiger partial charge in [-0.15, -0.1) is 0 Å². The van der Waals surface area contributed by atoms with Gasteiger partial charge in [0.1, 0.15) is 5.52 Å². The third-order valence-electron chi connectivity index (χ3n) is 8.51. The van der Waals surface area contributed by atoms with E-state index >= 15 is 0 Å². The van der Waals surface area contributed by atoms with Crippen LogP contribution in [0.4, 0.5) is 11.4 Å². The fourth-order valence-electron chi connectivity index (χ4n) is 6.39. The van der Waals surface area contributed by atoms with Crippen molar-refractivity contribution in [1.82, 2.24) is 9.55 Å². The van der Waals surface area contributed by atoms with Crippen molar-refractivity contribution in [3.8, 4) is 11.5 Å². The number of fused-ring (bicyclic) bond motifs is 6. The molecular weight excluding hydrogens is 562 g/mol. The van der Waals surface area contributed by atoms with Crippen LogP contribution in [-0.4, -0.2) is 9.55 Å². The van der Waals surface area contributed by atoms with Gasteiger partial charge in [-0.2, -0.15) is 0 Å². The van der Waals surface area contributed by atoms with Crippen molar-refractivity contribution in [3.63, 3.8) is 0 Å². The molecule has 220 valence electrons. The van der Waals surface area contributed by atoms with Gasteiger partial charge in [0.15, 0.2) is 5.58 Å². The van der Waals surface area contributed by atoms with Crippen LogP contribution in [0.2, 0.25) is 0 Å². The number of benzene rings is 6. The minimum absolute atomic E-state index is 0.596. The molecule has 2 aromatic heterocycles. The monoisotopic (exact) mass is 593 g/mol. The zero-order valence-electron chi connectivity index (χ0n) is 25.5. The molecule has 0 atom stereocenters. The van der Waals surface area contributed by atoms with E-state index in [1.54, 1.807) is 0 Å². The topological polar surface area (TPSA) is 34.2 Å². The Balaban J connectivity index is 1.30. The summed E-state index contributed by atoms with van der Waals surface area (Å²) in [7, 11) is 0. The second kappa shape index (κ2) is 11.4. The van der Waals surface area contributed by atoms with Gasteiger partial charge in [-0.1, -0.05) is 110 Å². The minimum Gasteiger partial charge on any atom is -0.434 e. The molecular formula is C42H31N3O. The highest BCUT2D eigenvalue weighted by Crippen LogP contribution is 2.42. The van der Waals surface area contributed by atoms with Crippen LogP contribution in [0.25, 0.3) is 60.8 Å². The van der Waals surface area contributed by atoms with Crippen molar-refractivity contribution in [2.75, 3.05) is 4.90 Å². The van der Waals surface area contributed by atoms with Crippen molar-refractivity contribution in [2.24, 2.45) is 0 Å². The quantitative estimate of drug-likeness (QED) is 0.172. The normalized spacial score (nSPS) is 12.2. The Morgan fingerprint density at radius 3 is 1.96 bits per heavy atom. The Hall–Kier alpha value is -6.13. The lowest BCUT2D eigenvalue weighted by atomic mass is 10.1. The van der Waals surface area contributed by atoms with Gasteiger partial charge in [0.25, 0.3) is 0 Å². The van der Waals surface area contributed by atoms with E-state index in [2.05, 4.69) is 138 Å². The zero-order valence-corrected chi connectivity index (χ0v) is 25.5. The molecule has 0 aliphatic rings. The zero-order chi connectivity index (χ0) is 31.0. The van der Waals surface area contributed by atoms with Crippen molar-refractivity contribution in [1.29, 1.82) is 0 Å². The summed E-state index contributed by atoms with van der Waals surface area (Å²) in [5, 5.41) is 4.57. The summed E-state index contributed by atoms with van der Waals surface area (Å²) in [4.78, 5) is 7.29. The molecule has 6 aromatic carbocycles. The molecule has 0 spiro atoms. The average molecular weight is 594 g/mol. The Kier molecular flexibility index (Phi) is 6.81. The second-order valence-corrected chi connectivity index (χ2v) is 11.3. The van der Waals surface area contributed by atoms with Crippen molar-refractivity contribution >= 4 is 60.7 Å². The third-order valence-corrected chi connectivity index (χ3v) is 8.51. The minimum atomic E-state index is 0.596. The van der Waals surface area contributed by atoms with E-state index in [-0.39, 0.29) is 0 Å². The van der Waals surface area contributed by atoms with E-state index in [1.165, 1.54) is 10.8 Å². The van der Waals surface area contributed by atoms with E-state index in [0.717, 1.165) is 61.2 Å². The Labute approximate surface area is 267 Å². The highest BCUT2D eigenvalue weighted by atomic mass is 16.3. The van der Waals surface area contributed by atoms with Crippen LogP contribution < -0.4 is 4.90 Å². The molecule has 0 saturated heterocycles. The van der Waals surface area contributed by atoms with Crippen LogP contribution in [0.15, 0.2) is 174 Å². The summed E-state index contributed by atoms with van der Waals surface area (Å²) < 4.78 is 8.88. The molecule has 0 aliphatic heterocycles. The summed E-state index contributed by atoms with van der Waals surface area (Å²) in [6, 6.07) is 48.0. The molecule has 4 heteroatoms. The number of hydrogen-bond acceptors (Lipinski definition) is 3. The third kappa shape index (κ3) is 4.59. The number of oxazole rings is 1. The number of rotatable bonds is 7. The first-order valence-corrected chi connectivity index (χ1v) is 15.5. The highest BCUT2D eigenvalue weighted by Gasteiger charge is 2.22. The number of nitrogens with zero attached hydrogens (tertiary/aromatic N) is 3. The van der Waals surface area contributed by atoms with Crippen molar-refractivity contribution < 1.29 is 4.42 Å². The van der Waals surface area contributed by atoms with Gasteiger partial charge in [-0.25, -0.2) is 4.98 Å². The Morgan fingerprint density at radius 1 is 0.696 bits per heavy atom. The highest BCUT2D eigenvalue weighted by molar-refractivity contribution is 6.11. The summed E-state index contributed by atoms with van der Waals surface area (Å²) in [5.41, 5.74) is 8.54. The smallest absolute Gasteiger partial charge is 0.227 e. The standard InChI is InChI=1S/C42H31N3O/c1-3-32(27-26-29(2)44-37-24-14-12-22-35(37)36-23-13-15-25-38(36)44)45(33-19-8-5-9-20-33)39-28-31-18-10-11-21-34(31)40-41(39)46-42(43-40)30-16-6-4-7-17-30/h3-28H,2H2,1H3/b27-26-,32-3+. The van der Waals surface area contributed by atoms with E-state index in [1.807, 2.05) is 42.5 Å². The number of allylic oxidation sites excluding steroid dienone is 4. The second-order valence-electron chi connectivity index (χ2n) is 11.3. The SMILES string of the molecule is C=C(/C=C\C(=C/C)N(c1ccccc1)c1cc2ccccc2c2nc(-c3ccccc3)oc12)n1c2ccccc2c2ccccc21. The van der Waals surface area contributed by atoms with Gasteiger partial charge in [0, 0.05) is 38.8 Å². The van der Waals surface area contributed by atoms with E-state index in [9.17, 15) is 0 Å². The van der Waals surface area contributed by atoms with Crippen LogP contribution in [-0.2, 0) is 0 Å². The molecule has 0 fully saturated rings.